The first-order chi connectivity index (χ1) is 8.58. The largest absolute Gasteiger partial charge is 0.266 e. The molecule has 1 saturated carbocycles. The molecule has 0 aromatic carbocycles. The Morgan fingerprint density at radius 2 is 2.11 bits per heavy atom. The first kappa shape index (κ1) is 14.0. The van der Waals surface area contributed by atoms with Crippen molar-refractivity contribution in [2.75, 3.05) is 11.9 Å². The molecule has 1 heterocycles. The van der Waals surface area contributed by atoms with E-state index in [-0.39, 0.29) is 10.4 Å². The minimum atomic E-state index is -3.45. The van der Waals surface area contributed by atoms with E-state index in [2.05, 4.69) is 30.8 Å². The number of nitrogens with one attached hydrogen (secondary N) is 2. The number of hydrogen-bond acceptors (Lipinski definition) is 3. The Bertz CT molecular complexity index is 466. The number of rotatable bonds is 5. The van der Waals surface area contributed by atoms with Crippen molar-refractivity contribution in [3.8, 4) is 0 Å². The molecule has 0 radical (unpaired) electrons. The van der Waals surface area contributed by atoms with E-state index in [0.717, 1.165) is 18.2 Å². The van der Waals surface area contributed by atoms with E-state index in [9.17, 15) is 8.42 Å². The lowest BCUT2D eigenvalue weighted by molar-refractivity contribution is 0.227. The van der Waals surface area contributed by atoms with Crippen LogP contribution in [0, 0.1) is 5.41 Å². The highest BCUT2D eigenvalue weighted by Gasteiger charge is 2.32. The lowest BCUT2D eigenvalue weighted by Crippen LogP contribution is -2.40. The molecule has 0 unspecified atom stereocenters. The molecule has 0 amide bonds. The third-order valence-electron chi connectivity index (χ3n) is 3.60. The van der Waals surface area contributed by atoms with Gasteiger partial charge in [0.05, 0.1) is 6.20 Å². The maximum atomic E-state index is 12.0. The van der Waals surface area contributed by atoms with Gasteiger partial charge in [0.25, 0.3) is 10.0 Å². The molecule has 0 atom stereocenters. The van der Waals surface area contributed by atoms with Crippen LogP contribution < -0.4 is 4.72 Å². The van der Waals surface area contributed by atoms with Gasteiger partial charge in [0, 0.05) is 11.9 Å². The molecule has 2 rings (SSSR count). The van der Waals surface area contributed by atoms with Crippen LogP contribution in [0.15, 0.2) is 17.3 Å². The second-order valence-electron chi connectivity index (χ2n) is 4.94. The van der Waals surface area contributed by atoms with Gasteiger partial charge in [-0.05, 0) is 24.3 Å². The number of alkyl halides is 1. The van der Waals surface area contributed by atoms with Crippen molar-refractivity contribution in [2.24, 2.45) is 5.41 Å². The van der Waals surface area contributed by atoms with Crippen molar-refractivity contribution >= 4 is 26.0 Å². The molecule has 7 heteroatoms. The third kappa shape index (κ3) is 3.13. The number of hydrogen-bond donors (Lipinski definition) is 2. The summed E-state index contributed by atoms with van der Waals surface area (Å²) in [6.45, 7) is 0.486. The summed E-state index contributed by atoms with van der Waals surface area (Å²) >= 11 is 3.53. The fourth-order valence-corrected chi connectivity index (χ4v) is 4.20. The molecule has 0 saturated heterocycles. The number of halogens is 1. The van der Waals surface area contributed by atoms with Gasteiger partial charge >= 0.3 is 0 Å². The summed E-state index contributed by atoms with van der Waals surface area (Å²) in [5, 5.41) is 7.12. The number of nitrogens with zero attached hydrogens (tertiary/aromatic N) is 1. The summed E-state index contributed by atoms with van der Waals surface area (Å²) < 4.78 is 26.7. The van der Waals surface area contributed by atoms with Crippen molar-refractivity contribution in [3.63, 3.8) is 0 Å². The summed E-state index contributed by atoms with van der Waals surface area (Å²) in [6, 6.07) is 1.46. The van der Waals surface area contributed by atoms with Crippen LogP contribution in [0.3, 0.4) is 0 Å². The van der Waals surface area contributed by atoms with E-state index in [0.29, 0.717) is 6.54 Å². The molecule has 0 spiro atoms. The summed E-state index contributed by atoms with van der Waals surface area (Å²) in [5.74, 6) is 0. The summed E-state index contributed by atoms with van der Waals surface area (Å²) in [5.41, 5.74) is 0.0609. The monoisotopic (exact) mass is 335 g/mol. The minimum absolute atomic E-state index is 0.0609. The van der Waals surface area contributed by atoms with Gasteiger partial charge in [-0.1, -0.05) is 35.2 Å². The van der Waals surface area contributed by atoms with Gasteiger partial charge in [-0.3, -0.25) is 5.10 Å². The molecular formula is C11H18BrN3O2S. The van der Waals surface area contributed by atoms with Crippen molar-refractivity contribution in [3.05, 3.63) is 12.3 Å². The lowest BCUT2D eigenvalue weighted by atomic mass is 9.76. The second kappa shape index (κ2) is 5.71. The average molecular weight is 336 g/mol. The summed E-state index contributed by atoms with van der Waals surface area (Å²) in [6.07, 6.45) is 7.19. The SMILES string of the molecule is O=S(=O)(NCC1(CBr)CCCCC1)c1ccn[nH]1. The molecule has 5 nitrogen and oxygen atoms in total. The Labute approximate surface area is 116 Å². The molecule has 102 valence electrons. The van der Waals surface area contributed by atoms with Crippen LogP contribution in [0.2, 0.25) is 0 Å². The highest BCUT2D eigenvalue weighted by Crippen LogP contribution is 2.37. The molecule has 1 aliphatic rings. The zero-order valence-corrected chi connectivity index (χ0v) is 12.6. The fourth-order valence-electron chi connectivity index (χ4n) is 2.38. The Hall–Kier alpha value is -0.400. The van der Waals surface area contributed by atoms with Crippen molar-refractivity contribution < 1.29 is 8.42 Å². The van der Waals surface area contributed by atoms with Gasteiger partial charge in [0.2, 0.25) is 0 Å². The Morgan fingerprint density at radius 3 is 2.67 bits per heavy atom. The van der Waals surface area contributed by atoms with Crippen LogP contribution in [-0.4, -0.2) is 30.5 Å². The Morgan fingerprint density at radius 1 is 1.39 bits per heavy atom. The molecule has 1 aromatic rings. The predicted molar refractivity (Wildman–Crippen MR) is 73.1 cm³/mol. The van der Waals surface area contributed by atoms with E-state index >= 15 is 0 Å². The number of H-pyrrole nitrogens is 1. The van der Waals surface area contributed by atoms with Gasteiger partial charge in [-0.25, -0.2) is 13.1 Å². The standard InChI is InChI=1S/C11H18BrN3O2S/c12-8-11(5-2-1-3-6-11)9-14-18(16,17)10-4-7-13-15-10/h4,7,14H,1-3,5-6,8-9H2,(H,13,15). The van der Waals surface area contributed by atoms with E-state index in [1.165, 1.54) is 31.5 Å². The van der Waals surface area contributed by atoms with Gasteiger partial charge in [0.1, 0.15) is 0 Å². The van der Waals surface area contributed by atoms with Gasteiger partial charge in [0.15, 0.2) is 5.03 Å². The molecule has 0 bridgehead atoms. The second-order valence-corrected chi connectivity index (χ2v) is 7.24. The van der Waals surface area contributed by atoms with Crippen LogP contribution in [0.25, 0.3) is 0 Å². The molecule has 18 heavy (non-hydrogen) atoms. The quantitative estimate of drug-likeness (QED) is 0.808. The summed E-state index contributed by atoms with van der Waals surface area (Å²) in [4.78, 5) is 0. The van der Waals surface area contributed by atoms with Gasteiger partial charge < -0.3 is 0 Å². The third-order valence-corrected chi connectivity index (χ3v) is 6.12. The minimum Gasteiger partial charge on any atom is -0.266 e. The number of aromatic amines is 1. The maximum absolute atomic E-state index is 12.0. The molecule has 1 fully saturated rings. The molecular weight excluding hydrogens is 318 g/mol. The van der Waals surface area contributed by atoms with Crippen LogP contribution in [-0.2, 0) is 10.0 Å². The van der Waals surface area contributed by atoms with E-state index in [1.807, 2.05) is 0 Å². The number of aromatic nitrogens is 2. The normalized spacial score (nSPS) is 19.8. The topological polar surface area (TPSA) is 74.8 Å². The van der Waals surface area contributed by atoms with Crippen molar-refractivity contribution in [2.45, 2.75) is 37.1 Å². The van der Waals surface area contributed by atoms with Crippen LogP contribution in [0.4, 0.5) is 0 Å². The molecule has 1 aromatic heterocycles. The number of sulfonamides is 1. The highest BCUT2D eigenvalue weighted by molar-refractivity contribution is 9.09. The zero-order valence-electron chi connectivity index (χ0n) is 10.2. The van der Waals surface area contributed by atoms with Gasteiger partial charge in [-0.15, -0.1) is 0 Å². The van der Waals surface area contributed by atoms with Crippen LogP contribution >= 0.6 is 15.9 Å². The molecule has 2 N–H and O–H groups in total. The van der Waals surface area contributed by atoms with Crippen molar-refractivity contribution in [1.82, 2.24) is 14.9 Å². The van der Waals surface area contributed by atoms with E-state index < -0.39 is 10.0 Å². The first-order valence-electron chi connectivity index (χ1n) is 6.13. The smallest absolute Gasteiger partial charge is 0.257 e. The first-order valence-corrected chi connectivity index (χ1v) is 8.74. The van der Waals surface area contributed by atoms with E-state index in [1.54, 1.807) is 0 Å². The van der Waals surface area contributed by atoms with E-state index in [4.69, 9.17) is 0 Å². The van der Waals surface area contributed by atoms with Gasteiger partial charge in [-0.2, -0.15) is 5.10 Å². The van der Waals surface area contributed by atoms with Crippen molar-refractivity contribution in [1.29, 1.82) is 0 Å². The Kier molecular flexibility index (Phi) is 4.45. The zero-order chi connectivity index (χ0) is 13.1. The highest BCUT2D eigenvalue weighted by atomic mass is 79.9. The fraction of sp³-hybridized carbons (Fsp3) is 0.727. The van der Waals surface area contributed by atoms with Crippen LogP contribution in [0.1, 0.15) is 32.1 Å². The Balaban J connectivity index is 2.02. The average Bonchev–Trinajstić information content (AvgIpc) is 2.92. The lowest BCUT2D eigenvalue weighted by Gasteiger charge is -2.35. The van der Waals surface area contributed by atoms with Crippen LogP contribution in [0.5, 0.6) is 0 Å². The predicted octanol–water partition coefficient (Wildman–Crippen LogP) is 2.03. The molecule has 1 aliphatic carbocycles. The summed E-state index contributed by atoms with van der Waals surface area (Å²) in [7, 11) is -3.45. The molecule has 0 aliphatic heterocycles. The maximum Gasteiger partial charge on any atom is 0.257 e.